The molecule has 1 aliphatic rings. The molecular weight excluding hydrogens is 234 g/mol. The molecule has 0 spiro atoms. The summed E-state index contributed by atoms with van der Waals surface area (Å²) in [6, 6.07) is 4.24. The number of phenolic OH excluding ortho intramolecular Hbond substituents is 1. The first kappa shape index (κ1) is 14.4. The molecule has 0 heterocycles. The maximum absolute atomic E-state index is 10.7. The molecule has 1 saturated carbocycles. The fraction of sp³-hybridized carbons (Fsp3) is 0.647. The summed E-state index contributed by atoms with van der Waals surface area (Å²) >= 11 is 0. The van der Waals surface area contributed by atoms with E-state index in [0.29, 0.717) is 17.6 Å². The Morgan fingerprint density at radius 3 is 1.95 bits per heavy atom. The maximum Gasteiger partial charge on any atom is 0.124 e. The lowest BCUT2D eigenvalue weighted by molar-refractivity contribution is 0.398. The largest absolute Gasteiger partial charge is 0.507 e. The fourth-order valence-corrected chi connectivity index (χ4v) is 3.35. The van der Waals surface area contributed by atoms with Gasteiger partial charge in [0.1, 0.15) is 5.75 Å². The van der Waals surface area contributed by atoms with E-state index in [1.54, 1.807) is 0 Å². The number of hydrogen-bond acceptors (Lipinski definition) is 2. The molecule has 0 radical (unpaired) electrons. The zero-order valence-corrected chi connectivity index (χ0v) is 12.7. The summed E-state index contributed by atoms with van der Waals surface area (Å²) in [7, 11) is 0. The minimum absolute atomic E-state index is 0.324. The highest BCUT2D eigenvalue weighted by molar-refractivity contribution is 5.52. The van der Waals surface area contributed by atoms with Crippen molar-refractivity contribution >= 4 is 0 Å². The van der Waals surface area contributed by atoms with Crippen LogP contribution in [0.2, 0.25) is 0 Å². The Bertz CT molecular complexity index is 457. The Balaban J connectivity index is 2.63. The van der Waals surface area contributed by atoms with Gasteiger partial charge in [-0.1, -0.05) is 52.7 Å². The summed E-state index contributed by atoms with van der Waals surface area (Å²) < 4.78 is 0. The van der Waals surface area contributed by atoms with Crippen molar-refractivity contribution in [1.82, 2.24) is 0 Å². The van der Waals surface area contributed by atoms with Crippen LogP contribution in [0.3, 0.4) is 0 Å². The smallest absolute Gasteiger partial charge is 0.124 e. The van der Waals surface area contributed by atoms with Crippen LogP contribution in [0.4, 0.5) is 0 Å². The molecule has 2 heteroatoms. The molecule has 1 aliphatic carbocycles. The van der Waals surface area contributed by atoms with Crippen LogP contribution in [-0.4, -0.2) is 5.11 Å². The van der Waals surface area contributed by atoms with E-state index in [1.165, 1.54) is 18.4 Å². The molecule has 0 unspecified atom stereocenters. The predicted octanol–water partition coefficient (Wildman–Crippen LogP) is 4.37. The van der Waals surface area contributed by atoms with E-state index < -0.39 is 0 Å². The fourth-order valence-electron chi connectivity index (χ4n) is 3.35. The summed E-state index contributed by atoms with van der Waals surface area (Å²) in [5.41, 5.74) is 9.56. The molecule has 0 aliphatic heterocycles. The summed E-state index contributed by atoms with van der Waals surface area (Å²) in [5.74, 6) is 1.17. The van der Waals surface area contributed by atoms with Gasteiger partial charge in [-0.25, -0.2) is 0 Å². The third-order valence-electron chi connectivity index (χ3n) is 4.48. The Morgan fingerprint density at radius 2 is 1.47 bits per heavy atom. The van der Waals surface area contributed by atoms with Crippen molar-refractivity contribution in [3.63, 3.8) is 0 Å². The van der Waals surface area contributed by atoms with Crippen LogP contribution in [0.1, 0.15) is 81.9 Å². The van der Waals surface area contributed by atoms with Crippen LogP contribution < -0.4 is 5.73 Å². The second-order valence-corrected chi connectivity index (χ2v) is 6.64. The number of rotatable bonds is 3. The van der Waals surface area contributed by atoms with E-state index in [2.05, 4.69) is 39.8 Å². The Hall–Kier alpha value is -1.02. The van der Waals surface area contributed by atoms with Crippen molar-refractivity contribution in [2.24, 2.45) is 5.73 Å². The molecule has 0 amide bonds. The van der Waals surface area contributed by atoms with Gasteiger partial charge in [0.2, 0.25) is 0 Å². The SMILES string of the molecule is CC(C)c1ccc(C(C)C)c(C2(N)CCCC2)c1O. The highest BCUT2D eigenvalue weighted by atomic mass is 16.3. The van der Waals surface area contributed by atoms with Gasteiger partial charge in [0, 0.05) is 11.1 Å². The second-order valence-electron chi connectivity index (χ2n) is 6.64. The molecule has 1 aromatic rings. The van der Waals surface area contributed by atoms with Gasteiger partial charge >= 0.3 is 0 Å². The topological polar surface area (TPSA) is 46.2 Å². The highest BCUT2D eigenvalue weighted by Crippen LogP contribution is 2.46. The summed E-state index contributed by atoms with van der Waals surface area (Å²) in [6.45, 7) is 8.58. The normalized spacial score (nSPS) is 18.5. The molecule has 1 fully saturated rings. The van der Waals surface area contributed by atoms with E-state index >= 15 is 0 Å². The van der Waals surface area contributed by atoms with Crippen molar-refractivity contribution < 1.29 is 5.11 Å². The van der Waals surface area contributed by atoms with Crippen molar-refractivity contribution in [3.05, 3.63) is 28.8 Å². The average Bonchev–Trinajstić information content (AvgIpc) is 2.75. The molecule has 2 nitrogen and oxygen atoms in total. The monoisotopic (exact) mass is 261 g/mol. The van der Waals surface area contributed by atoms with Crippen LogP contribution in [0.5, 0.6) is 5.75 Å². The molecule has 0 bridgehead atoms. The molecule has 3 N–H and O–H groups in total. The number of benzene rings is 1. The standard InChI is InChI=1S/C17H27NO/c1-11(2)13-7-8-14(12(3)4)16(19)15(13)17(18)9-5-6-10-17/h7-8,11-12,19H,5-6,9-10,18H2,1-4H3. The van der Waals surface area contributed by atoms with Crippen molar-refractivity contribution in [2.75, 3.05) is 0 Å². The minimum Gasteiger partial charge on any atom is -0.507 e. The lowest BCUT2D eigenvalue weighted by atomic mass is 9.79. The third kappa shape index (κ3) is 2.51. The quantitative estimate of drug-likeness (QED) is 0.848. The average molecular weight is 261 g/mol. The first-order valence-electron chi connectivity index (χ1n) is 7.52. The van der Waals surface area contributed by atoms with Gasteiger partial charge in [-0.3, -0.25) is 0 Å². The highest BCUT2D eigenvalue weighted by Gasteiger charge is 2.36. The van der Waals surface area contributed by atoms with Crippen LogP contribution >= 0.6 is 0 Å². The number of aromatic hydroxyl groups is 1. The Labute approximate surface area is 117 Å². The van der Waals surface area contributed by atoms with Gasteiger partial charge in [-0.05, 0) is 35.8 Å². The number of nitrogens with two attached hydrogens (primary N) is 1. The molecule has 0 atom stereocenters. The second kappa shape index (κ2) is 5.16. The van der Waals surface area contributed by atoms with Gasteiger partial charge in [0.25, 0.3) is 0 Å². The van der Waals surface area contributed by atoms with Gasteiger partial charge in [-0.15, -0.1) is 0 Å². The third-order valence-corrected chi connectivity index (χ3v) is 4.48. The van der Waals surface area contributed by atoms with Crippen molar-refractivity contribution in [3.8, 4) is 5.75 Å². The van der Waals surface area contributed by atoms with Crippen molar-refractivity contribution in [1.29, 1.82) is 0 Å². The van der Waals surface area contributed by atoms with E-state index in [-0.39, 0.29) is 5.54 Å². The molecule has 106 valence electrons. The molecule has 1 aromatic carbocycles. The molecule has 0 aromatic heterocycles. The van der Waals surface area contributed by atoms with E-state index in [0.717, 1.165) is 24.0 Å². The zero-order chi connectivity index (χ0) is 14.2. The lowest BCUT2D eigenvalue weighted by Gasteiger charge is -2.31. The molecular formula is C17H27NO. The van der Waals surface area contributed by atoms with Gasteiger partial charge in [0.05, 0.1) is 0 Å². The minimum atomic E-state index is -0.325. The van der Waals surface area contributed by atoms with Crippen LogP contribution in [0.25, 0.3) is 0 Å². The molecule has 2 rings (SSSR count). The number of phenols is 1. The maximum atomic E-state index is 10.7. The van der Waals surface area contributed by atoms with Gasteiger partial charge < -0.3 is 10.8 Å². The van der Waals surface area contributed by atoms with E-state index in [9.17, 15) is 5.11 Å². The number of hydrogen-bond donors (Lipinski definition) is 2. The van der Waals surface area contributed by atoms with E-state index in [1.807, 2.05) is 0 Å². The van der Waals surface area contributed by atoms with Crippen LogP contribution in [0, 0.1) is 0 Å². The van der Waals surface area contributed by atoms with E-state index in [4.69, 9.17) is 5.73 Å². The predicted molar refractivity (Wildman–Crippen MR) is 80.6 cm³/mol. The first-order chi connectivity index (χ1) is 8.87. The summed E-state index contributed by atoms with van der Waals surface area (Å²) in [6.07, 6.45) is 4.31. The lowest BCUT2D eigenvalue weighted by Crippen LogP contribution is -2.34. The van der Waals surface area contributed by atoms with Gasteiger partial charge in [0.15, 0.2) is 0 Å². The zero-order valence-electron chi connectivity index (χ0n) is 12.7. The summed E-state index contributed by atoms with van der Waals surface area (Å²) in [4.78, 5) is 0. The Kier molecular flexibility index (Phi) is 3.91. The molecule has 19 heavy (non-hydrogen) atoms. The molecule has 0 saturated heterocycles. The summed E-state index contributed by atoms with van der Waals surface area (Å²) in [5, 5.41) is 10.7. The van der Waals surface area contributed by atoms with Crippen LogP contribution in [-0.2, 0) is 5.54 Å². The van der Waals surface area contributed by atoms with Crippen molar-refractivity contribution in [2.45, 2.75) is 70.8 Å². The first-order valence-corrected chi connectivity index (χ1v) is 7.52. The van der Waals surface area contributed by atoms with Gasteiger partial charge in [-0.2, -0.15) is 0 Å². The Morgan fingerprint density at radius 1 is 1.00 bits per heavy atom. The van der Waals surface area contributed by atoms with Crippen LogP contribution in [0.15, 0.2) is 12.1 Å².